The molecule has 244 valence electrons. The van der Waals surface area contributed by atoms with Gasteiger partial charge in [0.05, 0.1) is 24.3 Å². The normalized spacial score (nSPS) is 15.6. The summed E-state index contributed by atoms with van der Waals surface area (Å²) < 4.78 is 34.6. The number of amides is 2. The second kappa shape index (κ2) is 17.8. The maximum Gasteiger partial charge on any atom is 0.307 e. The van der Waals surface area contributed by atoms with Gasteiger partial charge in [-0.25, -0.2) is 8.42 Å². The van der Waals surface area contributed by atoms with Crippen LogP contribution in [-0.2, 0) is 29.1 Å². The van der Waals surface area contributed by atoms with Gasteiger partial charge in [-0.1, -0.05) is 43.7 Å². The molecule has 0 aliphatic carbocycles. The lowest BCUT2D eigenvalue weighted by Crippen LogP contribution is -2.51. The number of halogens is 1. The molecule has 2 amide bonds. The molecule has 12 nitrogen and oxygen atoms in total. The minimum absolute atomic E-state index is 0. The van der Waals surface area contributed by atoms with E-state index in [1.54, 1.807) is 30.0 Å². The van der Waals surface area contributed by atoms with E-state index < -0.39 is 40.3 Å². The number of esters is 1. The highest BCUT2D eigenvalue weighted by molar-refractivity contribution is 7.89. The van der Waals surface area contributed by atoms with E-state index in [4.69, 9.17) is 15.9 Å². The Bertz CT molecular complexity index is 1390. The van der Waals surface area contributed by atoms with Gasteiger partial charge in [-0.2, -0.15) is 4.72 Å². The second-order valence-electron chi connectivity index (χ2n) is 10.8. The molecule has 0 aromatic heterocycles. The first-order valence-corrected chi connectivity index (χ1v) is 16.3. The molecule has 44 heavy (non-hydrogen) atoms. The van der Waals surface area contributed by atoms with Crippen LogP contribution in [0.3, 0.4) is 0 Å². The number of hydrogen-bond acceptors (Lipinski definition) is 7. The number of rotatable bonds is 15. The number of ether oxygens (including phenoxy) is 1. The molecule has 2 atom stereocenters. The maximum absolute atomic E-state index is 13.8. The molecule has 2 aromatic carbocycles. The van der Waals surface area contributed by atoms with Crippen LogP contribution in [0, 0.1) is 11.3 Å². The van der Waals surface area contributed by atoms with E-state index in [0.717, 1.165) is 30.0 Å². The number of carbonyl (C=O) groups excluding carboxylic acids is 3. The zero-order valence-corrected chi connectivity index (χ0v) is 27.1. The smallest absolute Gasteiger partial charge is 0.307 e. The van der Waals surface area contributed by atoms with E-state index in [0.29, 0.717) is 32.6 Å². The van der Waals surface area contributed by atoms with E-state index in [2.05, 4.69) is 10.0 Å². The quantitative estimate of drug-likeness (QED) is 0.129. The first kappa shape index (κ1) is 36.8. The van der Waals surface area contributed by atoms with Gasteiger partial charge in [0.25, 0.3) is 0 Å². The molecule has 0 spiro atoms. The van der Waals surface area contributed by atoms with E-state index >= 15 is 0 Å². The van der Waals surface area contributed by atoms with Gasteiger partial charge < -0.3 is 25.6 Å². The van der Waals surface area contributed by atoms with E-state index in [-0.39, 0.29) is 48.8 Å². The number of likely N-dealkylation sites (tertiary alicyclic amines) is 1. The first-order valence-electron chi connectivity index (χ1n) is 14.8. The number of carbonyl (C=O) groups is 3. The highest BCUT2D eigenvalue weighted by Crippen LogP contribution is 2.20. The number of unbranched alkanes of at least 4 members (excludes halogenated alkanes) is 1. The predicted molar refractivity (Wildman–Crippen MR) is 172 cm³/mol. The Hall–Kier alpha value is -3.42. The summed E-state index contributed by atoms with van der Waals surface area (Å²) in [7, 11) is -4.20. The second-order valence-corrected chi connectivity index (χ2v) is 12.5. The Balaban J connectivity index is 0.00000675. The van der Waals surface area contributed by atoms with Crippen LogP contribution in [-0.4, -0.2) is 87.3 Å². The van der Waals surface area contributed by atoms with Gasteiger partial charge in [0.1, 0.15) is 6.04 Å². The number of sulfonamides is 1. The summed E-state index contributed by atoms with van der Waals surface area (Å²) in [6.45, 7) is 5.73. The number of nitrogens with two attached hydrogens (primary N) is 1. The topological polar surface area (TPSA) is 175 Å². The summed E-state index contributed by atoms with van der Waals surface area (Å²) in [6.07, 6.45) is 2.62. The number of benzene rings is 2. The number of nitrogens with one attached hydrogen (secondary N) is 3. The maximum atomic E-state index is 13.8. The molecule has 1 aliphatic rings. The highest BCUT2D eigenvalue weighted by Gasteiger charge is 2.32. The van der Waals surface area contributed by atoms with Gasteiger partial charge in [0.15, 0.2) is 5.96 Å². The predicted octanol–water partition coefficient (Wildman–Crippen LogP) is 2.60. The van der Waals surface area contributed by atoms with Crippen LogP contribution in [0.5, 0.6) is 0 Å². The van der Waals surface area contributed by atoms with Crippen LogP contribution in [0.1, 0.15) is 52.4 Å². The van der Waals surface area contributed by atoms with Crippen molar-refractivity contribution in [3.63, 3.8) is 0 Å². The van der Waals surface area contributed by atoms with Gasteiger partial charge in [-0.3, -0.25) is 19.8 Å². The molecule has 14 heteroatoms. The number of hydrogen-bond donors (Lipinski definition) is 4. The fraction of sp³-hybridized carbons (Fsp3) is 0.533. The van der Waals surface area contributed by atoms with Crippen molar-refractivity contribution in [3.05, 3.63) is 42.5 Å². The molecule has 1 unspecified atom stereocenters. The van der Waals surface area contributed by atoms with Crippen LogP contribution in [0.4, 0.5) is 0 Å². The van der Waals surface area contributed by atoms with Gasteiger partial charge in [0, 0.05) is 32.7 Å². The van der Waals surface area contributed by atoms with E-state index in [1.165, 1.54) is 17.0 Å². The van der Waals surface area contributed by atoms with Crippen LogP contribution >= 0.6 is 12.4 Å². The van der Waals surface area contributed by atoms with E-state index in [9.17, 15) is 22.8 Å². The zero-order valence-electron chi connectivity index (χ0n) is 25.4. The highest BCUT2D eigenvalue weighted by atomic mass is 35.5. The summed E-state index contributed by atoms with van der Waals surface area (Å²) in [5.41, 5.74) is 5.63. The molecule has 0 bridgehead atoms. The van der Waals surface area contributed by atoms with Crippen LogP contribution in [0.25, 0.3) is 10.8 Å². The molecule has 0 saturated carbocycles. The minimum Gasteiger partial charge on any atom is -0.466 e. The molecule has 0 radical (unpaired) electrons. The van der Waals surface area contributed by atoms with Crippen molar-refractivity contribution in [1.82, 2.24) is 19.8 Å². The zero-order chi connectivity index (χ0) is 31.4. The minimum atomic E-state index is -4.20. The number of nitrogens with zero attached hydrogens (tertiary/aromatic N) is 2. The average molecular weight is 653 g/mol. The average Bonchev–Trinajstić information content (AvgIpc) is 2.99. The third-order valence-corrected chi connectivity index (χ3v) is 8.92. The van der Waals surface area contributed by atoms with Crippen LogP contribution < -0.4 is 15.8 Å². The van der Waals surface area contributed by atoms with Gasteiger partial charge in [0.2, 0.25) is 21.8 Å². The summed E-state index contributed by atoms with van der Waals surface area (Å²) in [6, 6.07) is 10.6. The Morgan fingerprint density at radius 1 is 1.14 bits per heavy atom. The molecular weight excluding hydrogens is 608 g/mol. The molecular formula is C30H45ClN6O6S. The van der Waals surface area contributed by atoms with Crippen molar-refractivity contribution in [2.45, 2.75) is 63.3 Å². The number of guanidine groups is 1. The SMILES string of the molecule is CCCCN(CCC(=O)OCC)C(=O)[C@H](CC(=O)NCC1CCCN(C(=N)N)C1)NS(=O)(=O)c1ccc2ccccc2c1.Cl. The van der Waals surface area contributed by atoms with Crippen molar-refractivity contribution >= 4 is 56.9 Å². The summed E-state index contributed by atoms with van der Waals surface area (Å²) in [4.78, 5) is 42.2. The number of fused-ring (bicyclic) bond motifs is 1. The fourth-order valence-corrected chi connectivity index (χ4v) is 6.32. The Morgan fingerprint density at radius 3 is 2.55 bits per heavy atom. The van der Waals surface area contributed by atoms with Crippen molar-refractivity contribution in [2.75, 3.05) is 39.3 Å². The lowest BCUT2D eigenvalue weighted by Gasteiger charge is -2.33. The van der Waals surface area contributed by atoms with Crippen molar-refractivity contribution in [3.8, 4) is 0 Å². The summed E-state index contributed by atoms with van der Waals surface area (Å²) >= 11 is 0. The van der Waals surface area contributed by atoms with Gasteiger partial charge in [-0.05, 0) is 55.0 Å². The van der Waals surface area contributed by atoms with Crippen molar-refractivity contribution in [1.29, 1.82) is 5.41 Å². The third kappa shape index (κ3) is 10.9. The Morgan fingerprint density at radius 2 is 1.86 bits per heavy atom. The monoisotopic (exact) mass is 652 g/mol. The largest absolute Gasteiger partial charge is 0.466 e. The summed E-state index contributed by atoms with van der Waals surface area (Å²) in [5.74, 6) is -1.48. The molecule has 5 N–H and O–H groups in total. The molecule has 2 aromatic rings. The lowest BCUT2D eigenvalue weighted by molar-refractivity contribution is -0.144. The van der Waals surface area contributed by atoms with Crippen molar-refractivity contribution < 1.29 is 27.5 Å². The molecule has 3 rings (SSSR count). The summed E-state index contributed by atoms with van der Waals surface area (Å²) in [5, 5.41) is 12.1. The third-order valence-electron chi connectivity index (χ3n) is 7.45. The molecule has 1 aliphatic heterocycles. The first-order chi connectivity index (χ1) is 20.5. The standard InChI is InChI=1S/C30H44N6O6S.ClH/c1-3-5-15-35(17-14-28(38)42-4-2)29(39)26(19-27(37)33-20-22-9-8-16-36(21-22)30(31)32)34-43(40,41)25-13-12-23-10-6-7-11-24(23)18-25;/h6-7,10-13,18,22,26,34H,3-5,8-9,14-17,19-21H2,1-2H3,(H3,31,32)(H,33,37);1H/t22?,26-;/m0./s1. The van der Waals surface area contributed by atoms with E-state index in [1.807, 2.05) is 19.1 Å². The molecule has 1 saturated heterocycles. The van der Waals surface area contributed by atoms with Gasteiger partial charge >= 0.3 is 5.97 Å². The fourth-order valence-electron chi connectivity index (χ4n) is 5.10. The van der Waals surface area contributed by atoms with Gasteiger partial charge in [-0.15, -0.1) is 12.4 Å². The van der Waals surface area contributed by atoms with Crippen LogP contribution in [0.15, 0.2) is 47.4 Å². The lowest BCUT2D eigenvalue weighted by atomic mass is 9.98. The molecule has 1 fully saturated rings. The van der Waals surface area contributed by atoms with Crippen molar-refractivity contribution in [2.24, 2.45) is 11.7 Å². The molecule has 1 heterocycles. The van der Waals surface area contributed by atoms with Crippen LogP contribution in [0.2, 0.25) is 0 Å². The Labute approximate surface area is 266 Å². The Kier molecular flexibility index (Phi) is 14.8. The number of piperidine rings is 1.